The number of hydrogen-bond donors (Lipinski definition) is 0. The number of nitrogens with zero attached hydrogens (tertiary/aromatic N) is 1. The number of amides is 1. The van der Waals surface area contributed by atoms with Crippen molar-refractivity contribution in [3.05, 3.63) is 34.9 Å². The van der Waals surface area contributed by atoms with E-state index in [4.69, 9.17) is 11.6 Å². The predicted octanol–water partition coefficient (Wildman–Crippen LogP) is 2.05. The summed E-state index contributed by atoms with van der Waals surface area (Å²) in [7, 11) is -3.01. The Morgan fingerprint density at radius 3 is 2.40 bits per heavy atom. The number of carbonyl (C=O) groups excluding carboxylic acids is 1. The van der Waals surface area contributed by atoms with Gasteiger partial charge in [-0.15, -0.1) is 0 Å². The molecule has 2 aliphatic heterocycles. The third-order valence-electron chi connectivity index (χ3n) is 4.14. The number of likely N-dealkylation sites (tertiary alicyclic amines) is 1. The first kappa shape index (κ1) is 13.9. The van der Waals surface area contributed by atoms with Gasteiger partial charge in [-0.3, -0.25) is 4.79 Å². The maximum atomic E-state index is 12.4. The third kappa shape index (κ3) is 2.56. The minimum Gasteiger partial charge on any atom is -0.335 e. The molecule has 2 aliphatic rings. The molecule has 0 N–H and O–H groups in total. The molecule has 2 fully saturated rings. The first-order valence-electron chi connectivity index (χ1n) is 6.73. The molecule has 20 heavy (non-hydrogen) atoms. The summed E-state index contributed by atoms with van der Waals surface area (Å²) in [5, 5.41) is 0.674. The lowest BCUT2D eigenvalue weighted by molar-refractivity contribution is -0.142. The Morgan fingerprint density at radius 1 is 1.20 bits per heavy atom. The Labute approximate surface area is 123 Å². The molecular weight excluding hydrogens is 298 g/mol. The van der Waals surface area contributed by atoms with Gasteiger partial charge in [0.25, 0.3) is 0 Å². The summed E-state index contributed by atoms with van der Waals surface area (Å²) in [6.45, 7) is 0.711. The summed E-state index contributed by atoms with van der Waals surface area (Å²) in [4.78, 5) is 14.2. The molecule has 1 aromatic rings. The van der Waals surface area contributed by atoms with E-state index in [1.165, 1.54) is 0 Å². The van der Waals surface area contributed by atoms with Gasteiger partial charge in [-0.05, 0) is 30.5 Å². The highest BCUT2D eigenvalue weighted by Crippen LogP contribution is 2.36. The molecule has 6 heteroatoms. The maximum Gasteiger partial charge on any atom is 0.227 e. The van der Waals surface area contributed by atoms with Crippen LogP contribution in [0.25, 0.3) is 0 Å². The zero-order chi connectivity index (χ0) is 14.3. The van der Waals surface area contributed by atoms with Crippen molar-refractivity contribution in [1.29, 1.82) is 0 Å². The van der Waals surface area contributed by atoms with Crippen LogP contribution in [0.4, 0.5) is 0 Å². The smallest absolute Gasteiger partial charge is 0.227 e. The topological polar surface area (TPSA) is 54.5 Å². The van der Waals surface area contributed by atoms with Crippen LogP contribution in [0.1, 0.15) is 24.4 Å². The standard InChI is InChI=1S/C14H16ClNO3S/c15-12-3-1-10(2-4-12)13-5-7-16(13)14(17)11-6-8-20(18,19)9-11/h1-4,11,13H,5-9H2/t11-,13-/m1/s1. The molecule has 1 aromatic carbocycles. The van der Waals surface area contributed by atoms with Gasteiger partial charge in [0, 0.05) is 11.6 Å². The van der Waals surface area contributed by atoms with E-state index in [1.807, 2.05) is 24.3 Å². The van der Waals surface area contributed by atoms with Gasteiger partial charge in [-0.2, -0.15) is 0 Å². The molecule has 108 valence electrons. The van der Waals surface area contributed by atoms with Crippen LogP contribution < -0.4 is 0 Å². The summed E-state index contributed by atoms with van der Waals surface area (Å²) >= 11 is 5.86. The largest absolute Gasteiger partial charge is 0.335 e. The van der Waals surface area contributed by atoms with Gasteiger partial charge in [0.05, 0.1) is 23.5 Å². The third-order valence-corrected chi connectivity index (χ3v) is 6.16. The Hall–Kier alpha value is -1.07. The summed E-state index contributed by atoms with van der Waals surface area (Å²) in [6, 6.07) is 7.56. The Balaban J connectivity index is 1.72. The number of rotatable bonds is 2. The fourth-order valence-electron chi connectivity index (χ4n) is 2.91. The minimum atomic E-state index is -3.01. The molecule has 4 nitrogen and oxygen atoms in total. The minimum absolute atomic E-state index is 0.00959. The van der Waals surface area contributed by atoms with Crippen molar-refractivity contribution in [2.45, 2.75) is 18.9 Å². The monoisotopic (exact) mass is 313 g/mol. The van der Waals surface area contributed by atoms with Crippen LogP contribution in [0.3, 0.4) is 0 Å². The highest BCUT2D eigenvalue weighted by molar-refractivity contribution is 7.91. The first-order valence-corrected chi connectivity index (χ1v) is 8.92. The highest BCUT2D eigenvalue weighted by Gasteiger charge is 2.41. The van der Waals surface area contributed by atoms with Crippen molar-refractivity contribution < 1.29 is 13.2 Å². The number of carbonyl (C=O) groups is 1. The molecular formula is C14H16ClNO3S. The van der Waals surface area contributed by atoms with Crippen LogP contribution in [0.5, 0.6) is 0 Å². The second-order valence-electron chi connectivity index (χ2n) is 5.49. The zero-order valence-corrected chi connectivity index (χ0v) is 12.5. The van der Waals surface area contributed by atoms with Crippen molar-refractivity contribution >= 4 is 27.3 Å². The molecule has 0 aromatic heterocycles. The lowest BCUT2D eigenvalue weighted by atomic mass is 9.92. The van der Waals surface area contributed by atoms with Gasteiger partial charge in [0.1, 0.15) is 0 Å². The van der Waals surface area contributed by atoms with Crippen LogP contribution in [0, 0.1) is 5.92 Å². The van der Waals surface area contributed by atoms with Crippen LogP contribution in [-0.2, 0) is 14.6 Å². The second-order valence-corrected chi connectivity index (χ2v) is 8.15. The van der Waals surface area contributed by atoms with Crippen LogP contribution >= 0.6 is 11.6 Å². The molecule has 1 amide bonds. The molecule has 0 saturated carbocycles. The molecule has 0 bridgehead atoms. The van der Waals surface area contributed by atoms with E-state index in [-0.39, 0.29) is 29.4 Å². The maximum absolute atomic E-state index is 12.4. The van der Waals surface area contributed by atoms with E-state index < -0.39 is 9.84 Å². The first-order chi connectivity index (χ1) is 9.46. The lowest BCUT2D eigenvalue weighted by Gasteiger charge is -2.42. The van der Waals surface area contributed by atoms with Crippen LogP contribution in [0.2, 0.25) is 5.02 Å². The van der Waals surface area contributed by atoms with Gasteiger partial charge >= 0.3 is 0 Å². The molecule has 0 unspecified atom stereocenters. The number of halogens is 1. The summed E-state index contributed by atoms with van der Waals surface area (Å²) in [5.74, 6) is -0.217. The normalized spacial score (nSPS) is 28.1. The SMILES string of the molecule is O=C([C@@H]1CCS(=O)(=O)C1)N1CC[C@@H]1c1ccc(Cl)cc1. The van der Waals surface area contributed by atoms with E-state index in [0.29, 0.717) is 18.0 Å². The average Bonchev–Trinajstić information content (AvgIpc) is 2.71. The number of sulfone groups is 1. The molecule has 0 aliphatic carbocycles. The van der Waals surface area contributed by atoms with Gasteiger partial charge in [0.2, 0.25) is 5.91 Å². The van der Waals surface area contributed by atoms with Gasteiger partial charge in [-0.1, -0.05) is 23.7 Å². The summed E-state index contributed by atoms with van der Waals surface area (Å²) in [6.07, 6.45) is 1.39. The van der Waals surface area contributed by atoms with Gasteiger partial charge in [0.15, 0.2) is 9.84 Å². The van der Waals surface area contributed by atoms with Crippen LogP contribution in [-0.4, -0.2) is 37.3 Å². The molecule has 0 spiro atoms. The van der Waals surface area contributed by atoms with Crippen LogP contribution in [0.15, 0.2) is 24.3 Å². The quantitative estimate of drug-likeness (QED) is 0.839. The van der Waals surface area contributed by atoms with Gasteiger partial charge < -0.3 is 4.90 Å². The van der Waals surface area contributed by atoms with Crippen molar-refractivity contribution in [3.8, 4) is 0 Å². The van der Waals surface area contributed by atoms with Crippen molar-refractivity contribution in [2.24, 2.45) is 5.92 Å². The van der Waals surface area contributed by atoms with E-state index in [2.05, 4.69) is 0 Å². The molecule has 2 saturated heterocycles. The van der Waals surface area contributed by atoms with E-state index >= 15 is 0 Å². The fraction of sp³-hybridized carbons (Fsp3) is 0.500. The van der Waals surface area contributed by atoms with Crippen molar-refractivity contribution in [2.75, 3.05) is 18.1 Å². The summed E-state index contributed by atoms with van der Waals surface area (Å²) in [5.41, 5.74) is 1.06. The Kier molecular flexibility index (Phi) is 3.50. The van der Waals surface area contributed by atoms with E-state index in [1.54, 1.807) is 4.90 Å². The highest BCUT2D eigenvalue weighted by atomic mass is 35.5. The molecule has 2 atom stereocenters. The lowest BCUT2D eigenvalue weighted by Crippen LogP contribution is -2.48. The van der Waals surface area contributed by atoms with Crippen molar-refractivity contribution in [1.82, 2.24) is 4.90 Å². The van der Waals surface area contributed by atoms with Crippen molar-refractivity contribution in [3.63, 3.8) is 0 Å². The summed E-state index contributed by atoms with van der Waals surface area (Å²) < 4.78 is 23.0. The van der Waals surface area contributed by atoms with E-state index in [9.17, 15) is 13.2 Å². The number of benzene rings is 1. The molecule has 2 heterocycles. The Morgan fingerprint density at radius 2 is 1.90 bits per heavy atom. The molecule has 3 rings (SSSR count). The average molecular weight is 314 g/mol. The van der Waals surface area contributed by atoms with E-state index in [0.717, 1.165) is 12.0 Å². The molecule has 0 radical (unpaired) electrons. The second kappa shape index (κ2) is 5.04. The predicted molar refractivity (Wildman–Crippen MR) is 77.3 cm³/mol. The number of hydrogen-bond acceptors (Lipinski definition) is 3. The van der Waals surface area contributed by atoms with Gasteiger partial charge in [-0.25, -0.2) is 8.42 Å². The Bertz CT molecular complexity index is 626. The zero-order valence-electron chi connectivity index (χ0n) is 11.0. The fourth-order valence-corrected chi connectivity index (χ4v) is 4.77.